The number of aromatic nitrogens is 5. The summed E-state index contributed by atoms with van der Waals surface area (Å²) in [7, 11) is 0. The summed E-state index contributed by atoms with van der Waals surface area (Å²) in [5.74, 6) is 0.507. The largest absolute Gasteiger partial charge is 0.343 e. The second-order valence-corrected chi connectivity index (χ2v) is 7.72. The molecule has 136 valence electrons. The summed E-state index contributed by atoms with van der Waals surface area (Å²) in [5.41, 5.74) is 1.43. The van der Waals surface area contributed by atoms with E-state index in [-0.39, 0.29) is 29.0 Å². The van der Waals surface area contributed by atoms with Gasteiger partial charge in [0.25, 0.3) is 11.8 Å². The lowest BCUT2D eigenvalue weighted by Crippen LogP contribution is -2.52. The van der Waals surface area contributed by atoms with Gasteiger partial charge in [-0.3, -0.25) is 14.7 Å². The van der Waals surface area contributed by atoms with Crippen LogP contribution in [0.5, 0.6) is 0 Å². The van der Waals surface area contributed by atoms with E-state index in [0.717, 1.165) is 25.0 Å². The summed E-state index contributed by atoms with van der Waals surface area (Å²) in [4.78, 5) is 27.2. The molecule has 0 unspecified atom stereocenters. The molecule has 0 spiro atoms. The molecule has 1 aliphatic heterocycles. The average Bonchev–Trinajstić information content (AvgIpc) is 3.06. The maximum absolute atomic E-state index is 12.9. The number of hydrogen-bond donors (Lipinski definition) is 3. The third kappa shape index (κ3) is 2.49. The zero-order chi connectivity index (χ0) is 17.7. The van der Waals surface area contributed by atoms with Crippen molar-refractivity contribution in [1.82, 2.24) is 35.8 Å². The molecule has 5 rings (SSSR count). The number of carbonyl (C=O) groups is 2. The predicted molar refractivity (Wildman–Crippen MR) is 90.4 cm³/mol. The smallest absolute Gasteiger partial charge is 0.274 e. The van der Waals surface area contributed by atoms with Gasteiger partial charge in [0.1, 0.15) is 5.69 Å². The van der Waals surface area contributed by atoms with Crippen LogP contribution in [0.1, 0.15) is 64.7 Å². The third-order valence-corrected chi connectivity index (χ3v) is 6.00. The fourth-order valence-electron chi connectivity index (χ4n) is 4.46. The highest BCUT2D eigenvalue weighted by atomic mass is 16.2. The van der Waals surface area contributed by atoms with Crippen molar-refractivity contribution in [3.05, 3.63) is 29.3 Å². The van der Waals surface area contributed by atoms with Crippen LogP contribution < -0.4 is 5.32 Å². The molecule has 2 aliphatic carbocycles. The van der Waals surface area contributed by atoms with Crippen LogP contribution >= 0.6 is 0 Å². The third-order valence-electron chi connectivity index (χ3n) is 6.00. The molecule has 26 heavy (non-hydrogen) atoms. The van der Waals surface area contributed by atoms with Gasteiger partial charge in [-0.2, -0.15) is 20.5 Å². The number of nitrogens with one attached hydrogen (secondary N) is 3. The number of carbonyl (C=O) groups excluding carboxylic acids is 2. The van der Waals surface area contributed by atoms with Gasteiger partial charge in [-0.1, -0.05) is 6.42 Å². The maximum Gasteiger partial charge on any atom is 0.274 e. The molecule has 3 aliphatic rings. The fraction of sp³-hybridized carbons (Fsp3) is 0.588. The minimum absolute atomic E-state index is 0.0578. The van der Waals surface area contributed by atoms with Crippen LogP contribution in [0, 0.1) is 5.92 Å². The topological polar surface area (TPSA) is 120 Å². The molecule has 9 heteroatoms. The Labute approximate surface area is 149 Å². The number of fused-ring (bicyclic) bond motifs is 1. The van der Waals surface area contributed by atoms with Crippen molar-refractivity contribution in [2.24, 2.45) is 5.92 Å². The van der Waals surface area contributed by atoms with E-state index in [9.17, 15) is 9.59 Å². The average molecular weight is 355 g/mol. The lowest BCUT2D eigenvalue weighted by molar-refractivity contribution is 0.0756. The Hall–Kier alpha value is -2.71. The van der Waals surface area contributed by atoms with E-state index in [4.69, 9.17) is 0 Å². The molecule has 2 saturated carbocycles. The predicted octanol–water partition coefficient (Wildman–Crippen LogP) is 0.830. The molecule has 2 amide bonds. The van der Waals surface area contributed by atoms with Crippen molar-refractivity contribution in [2.45, 2.75) is 43.6 Å². The molecule has 0 radical (unpaired) electrons. The first-order valence-electron chi connectivity index (χ1n) is 9.17. The summed E-state index contributed by atoms with van der Waals surface area (Å²) in [5, 5.41) is 20.4. The molecular weight excluding hydrogens is 334 g/mol. The van der Waals surface area contributed by atoms with Gasteiger partial charge in [0.2, 0.25) is 0 Å². The minimum Gasteiger partial charge on any atom is -0.343 e. The minimum atomic E-state index is -0.374. The van der Waals surface area contributed by atoms with Crippen LogP contribution in [0.4, 0.5) is 0 Å². The second kappa shape index (κ2) is 5.65. The van der Waals surface area contributed by atoms with Crippen molar-refractivity contribution in [3.8, 4) is 0 Å². The first-order chi connectivity index (χ1) is 12.6. The van der Waals surface area contributed by atoms with Gasteiger partial charge in [-0.25, -0.2) is 0 Å². The van der Waals surface area contributed by atoms with Gasteiger partial charge in [0.15, 0.2) is 5.69 Å². The van der Waals surface area contributed by atoms with Crippen molar-refractivity contribution in [1.29, 1.82) is 0 Å². The lowest BCUT2D eigenvalue weighted by Gasteiger charge is -2.29. The van der Waals surface area contributed by atoms with E-state index in [1.54, 1.807) is 0 Å². The molecule has 2 atom stereocenters. The maximum atomic E-state index is 12.9. The Bertz CT molecular complexity index is 841. The number of amides is 2. The zero-order valence-electron chi connectivity index (χ0n) is 14.4. The number of likely N-dealkylation sites (tertiary alicyclic amines) is 1. The Balaban J connectivity index is 1.33. The zero-order valence-corrected chi connectivity index (χ0v) is 14.4. The highest BCUT2D eigenvalue weighted by molar-refractivity contribution is 5.94. The van der Waals surface area contributed by atoms with Crippen molar-refractivity contribution in [3.63, 3.8) is 0 Å². The SMILES string of the molecule is O=C(N[C@]12CCC[C@H]1CN(C(=O)c1cc(C3CC3)[nH]n1)C2)c1cn[nH]n1. The van der Waals surface area contributed by atoms with E-state index in [1.165, 1.54) is 19.0 Å². The van der Waals surface area contributed by atoms with Gasteiger partial charge in [-0.05, 0) is 31.7 Å². The van der Waals surface area contributed by atoms with Gasteiger partial charge in [-0.15, -0.1) is 0 Å². The number of nitrogens with zero attached hydrogens (tertiary/aromatic N) is 4. The van der Waals surface area contributed by atoms with Crippen LogP contribution in [0.2, 0.25) is 0 Å². The summed E-state index contributed by atoms with van der Waals surface area (Å²) in [6.07, 6.45) is 6.68. The summed E-state index contributed by atoms with van der Waals surface area (Å²) >= 11 is 0. The molecule has 2 aromatic heterocycles. The molecule has 1 saturated heterocycles. The van der Waals surface area contributed by atoms with E-state index in [2.05, 4.69) is 30.9 Å². The normalized spacial score (nSPS) is 27.5. The molecule has 3 fully saturated rings. The van der Waals surface area contributed by atoms with Crippen molar-refractivity contribution < 1.29 is 9.59 Å². The molecular formula is C17H21N7O2. The molecule has 0 bridgehead atoms. The van der Waals surface area contributed by atoms with Crippen LogP contribution in [-0.2, 0) is 0 Å². The molecule has 3 N–H and O–H groups in total. The summed E-state index contributed by atoms with van der Waals surface area (Å²) < 4.78 is 0. The number of hydrogen-bond acceptors (Lipinski definition) is 5. The standard InChI is InChI=1S/C17H21N7O2/c25-15(14-7-18-23-22-14)19-17-5-1-2-11(17)8-24(9-17)16(26)13-6-12(20-21-13)10-3-4-10/h6-7,10-11H,1-5,8-9H2,(H,19,25)(H,20,21)(H,18,22,23)/t11-,17-/m0/s1. The quantitative estimate of drug-likeness (QED) is 0.750. The van der Waals surface area contributed by atoms with Crippen LogP contribution in [0.25, 0.3) is 0 Å². The van der Waals surface area contributed by atoms with Crippen molar-refractivity contribution >= 4 is 11.8 Å². The Morgan fingerprint density at radius 1 is 1.23 bits per heavy atom. The number of H-pyrrole nitrogens is 2. The van der Waals surface area contributed by atoms with E-state index in [0.29, 0.717) is 24.7 Å². The van der Waals surface area contributed by atoms with Crippen LogP contribution in [0.15, 0.2) is 12.3 Å². The lowest BCUT2D eigenvalue weighted by atomic mass is 9.90. The fourth-order valence-corrected chi connectivity index (χ4v) is 4.46. The first-order valence-corrected chi connectivity index (χ1v) is 9.17. The number of rotatable bonds is 4. The van der Waals surface area contributed by atoms with E-state index in [1.807, 2.05) is 11.0 Å². The van der Waals surface area contributed by atoms with Gasteiger partial charge < -0.3 is 10.2 Å². The highest BCUT2D eigenvalue weighted by Crippen LogP contribution is 2.42. The molecule has 9 nitrogen and oxygen atoms in total. The van der Waals surface area contributed by atoms with Crippen molar-refractivity contribution in [2.75, 3.05) is 13.1 Å². The Kier molecular flexibility index (Phi) is 3.38. The Morgan fingerprint density at radius 3 is 2.88 bits per heavy atom. The highest BCUT2D eigenvalue weighted by Gasteiger charge is 2.52. The van der Waals surface area contributed by atoms with Crippen LogP contribution in [0.3, 0.4) is 0 Å². The summed E-state index contributed by atoms with van der Waals surface area (Å²) in [6.45, 7) is 1.18. The second-order valence-electron chi connectivity index (χ2n) is 7.72. The molecule has 0 aromatic carbocycles. The first kappa shape index (κ1) is 15.5. The Morgan fingerprint density at radius 2 is 2.12 bits per heavy atom. The van der Waals surface area contributed by atoms with Gasteiger partial charge >= 0.3 is 0 Å². The van der Waals surface area contributed by atoms with Gasteiger partial charge in [0.05, 0.1) is 11.7 Å². The van der Waals surface area contributed by atoms with Gasteiger partial charge in [0, 0.05) is 30.6 Å². The monoisotopic (exact) mass is 355 g/mol. The molecule has 2 aromatic rings. The number of aromatic amines is 2. The van der Waals surface area contributed by atoms with E-state index < -0.39 is 0 Å². The van der Waals surface area contributed by atoms with E-state index >= 15 is 0 Å². The van der Waals surface area contributed by atoms with Crippen LogP contribution in [-0.4, -0.2) is 61.0 Å². The summed E-state index contributed by atoms with van der Waals surface area (Å²) in [6, 6.07) is 1.88. The molecule has 3 heterocycles.